The Kier molecular flexibility index (Phi) is 3.12. The lowest BCUT2D eigenvalue weighted by Gasteiger charge is -2.07. The van der Waals surface area contributed by atoms with Gasteiger partial charge >= 0.3 is 0 Å². The van der Waals surface area contributed by atoms with Gasteiger partial charge in [0, 0.05) is 5.56 Å². The summed E-state index contributed by atoms with van der Waals surface area (Å²) in [5.41, 5.74) is 3.25. The van der Waals surface area contributed by atoms with Gasteiger partial charge in [-0.15, -0.1) is 0 Å². The van der Waals surface area contributed by atoms with Crippen molar-refractivity contribution in [1.82, 2.24) is 9.97 Å². The van der Waals surface area contributed by atoms with Gasteiger partial charge < -0.3 is 0 Å². The average Bonchev–Trinajstić information content (AvgIpc) is 2.60. The first-order valence-electron chi connectivity index (χ1n) is 7.49. The van der Waals surface area contributed by atoms with Crippen molar-refractivity contribution in [2.45, 2.75) is 6.92 Å². The minimum absolute atomic E-state index is 0.0912. The Labute approximate surface area is 133 Å². The molecule has 0 aliphatic carbocycles. The topological polar surface area (TPSA) is 42.9 Å². The fraction of sp³-hybridized carbons (Fsp3) is 0.0500. The first-order valence-corrected chi connectivity index (χ1v) is 7.49. The molecule has 3 aromatic carbocycles. The molecule has 3 heteroatoms. The van der Waals surface area contributed by atoms with Crippen molar-refractivity contribution in [3.8, 4) is 0 Å². The van der Waals surface area contributed by atoms with Crippen LogP contribution in [0.5, 0.6) is 0 Å². The molecule has 0 spiro atoms. The molecule has 3 nitrogen and oxygen atoms in total. The maximum atomic E-state index is 12.9. The zero-order valence-corrected chi connectivity index (χ0v) is 12.7. The Morgan fingerprint density at radius 1 is 0.783 bits per heavy atom. The monoisotopic (exact) mass is 298 g/mol. The number of aryl methyl sites for hydroxylation is 1. The highest BCUT2D eigenvalue weighted by atomic mass is 16.1. The molecule has 0 radical (unpaired) electrons. The fourth-order valence-electron chi connectivity index (χ4n) is 2.77. The van der Waals surface area contributed by atoms with Crippen LogP contribution in [0.25, 0.3) is 21.8 Å². The third-order valence-electron chi connectivity index (χ3n) is 3.97. The molecule has 0 atom stereocenters. The highest BCUT2D eigenvalue weighted by Crippen LogP contribution is 2.20. The number of nitrogens with zero attached hydrogens (tertiary/aromatic N) is 2. The number of carbonyl (C=O) groups excluding carboxylic acids is 1. The van der Waals surface area contributed by atoms with Crippen LogP contribution in [-0.4, -0.2) is 15.8 Å². The number of rotatable bonds is 2. The van der Waals surface area contributed by atoms with E-state index in [0.29, 0.717) is 17.0 Å². The van der Waals surface area contributed by atoms with Crippen LogP contribution >= 0.6 is 0 Å². The van der Waals surface area contributed by atoms with Gasteiger partial charge in [0.15, 0.2) is 0 Å². The van der Waals surface area contributed by atoms with Gasteiger partial charge in [0.05, 0.1) is 16.7 Å². The van der Waals surface area contributed by atoms with E-state index in [1.54, 1.807) is 0 Å². The van der Waals surface area contributed by atoms with E-state index in [2.05, 4.69) is 9.97 Å². The normalized spacial score (nSPS) is 11.0. The minimum Gasteiger partial charge on any atom is -0.287 e. The summed E-state index contributed by atoms with van der Waals surface area (Å²) in [4.78, 5) is 21.9. The van der Waals surface area contributed by atoms with Crippen LogP contribution in [0, 0.1) is 6.92 Å². The zero-order chi connectivity index (χ0) is 15.8. The van der Waals surface area contributed by atoms with Gasteiger partial charge in [-0.1, -0.05) is 48.5 Å². The lowest BCUT2D eigenvalue weighted by molar-refractivity contribution is 0.103. The molecular formula is C20H14N2O. The summed E-state index contributed by atoms with van der Waals surface area (Å²) in [6.45, 7) is 1.83. The quantitative estimate of drug-likeness (QED) is 0.517. The summed E-state index contributed by atoms with van der Waals surface area (Å²) in [7, 11) is 0. The molecule has 1 heterocycles. The van der Waals surface area contributed by atoms with Crippen molar-refractivity contribution in [3.63, 3.8) is 0 Å². The lowest BCUT2D eigenvalue weighted by atomic mass is 10.0. The molecule has 4 aromatic rings. The van der Waals surface area contributed by atoms with Gasteiger partial charge in [0.2, 0.25) is 5.78 Å². The van der Waals surface area contributed by atoms with Crippen molar-refractivity contribution < 1.29 is 4.79 Å². The summed E-state index contributed by atoms with van der Waals surface area (Å²) < 4.78 is 0. The Morgan fingerprint density at radius 3 is 2.22 bits per heavy atom. The highest BCUT2D eigenvalue weighted by molar-refractivity contribution is 6.10. The molecule has 4 rings (SSSR count). The Balaban J connectivity index is 1.85. The average molecular weight is 298 g/mol. The number of para-hydroxylation sites is 2. The van der Waals surface area contributed by atoms with Crippen LogP contribution < -0.4 is 0 Å². The maximum absolute atomic E-state index is 12.9. The molecule has 0 fully saturated rings. The van der Waals surface area contributed by atoms with E-state index in [1.165, 1.54) is 0 Å². The Morgan fingerprint density at radius 2 is 1.43 bits per heavy atom. The van der Waals surface area contributed by atoms with E-state index in [1.807, 2.05) is 73.7 Å². The number of aromatic nitrogens is 2. The number of hydrogen-bond acceptors (Lipinski definition) is 3. The van der Waals surface area contributed by atoms with Crippen LogP contribution in [0.15, 0.2) is 66.7 Å². The van der Waals surface area contributed by atoms with Crippen LogP contribution in [-0.2, 0) is 0 Å². The molecule has 23 heavy (non-hydrogen) atoms. The third-order valence-corrected chi connectivity index (χ3v) is 3.97. The smallest absolute Gasteiger partial charge is 0.213 e. The third kappa shape index (κ3) is 2.36. The predicted molar refractivity (Wildman–Crippen MR) is 91.7 cm³/mol. The summed E-state index contributed by atoms with van der Waals surface area (Å²) >= 11 is 0. The standard InChI is InChI=1S/C20H14N2O/c1-13-19(22-18-9-5-4-8-17(18)21-13)20(23)16-11-10-14-6-2-3-7-15(14)12-16/h2-12H,1H3. The SMILES string of the molecule is Cc1nc2ccccc2nc1C(=O)c1ccc2ccccc2c1. The van der Waals surface area contributed by atoms with Crippen LogP contribution in [0.4, 0.5) is 0 Å². The van der Waals surface area contributed by atoms with Gasteiger partial charge in [-0.25, -0.2) is 9.97 Å². The summed E-state index contributed by atoms with van der Waals surface area (Å²) in [5, 5.41) is 2.16. The predicted octanol–water partition coefficient (Wildman–Crippen LogP) is 4.32. The number of ketones is 1. The molecule has 0 amide bonds. The lowest BCUT2D eigenvalue weighted by Crippen LogP contribution is -2.08. The molecule has 0 bridgehead atoms. The molecule has 0 aliphatic rings. The van der Waals surface area contributed by atoms with Gasteiger partial charge in [-0.3, -0.25) is 4.79 Å². The second kappa shape index (κ2) is 5.29. The molecule has 0 unspecified atom stereocenters. The Hall–Kier alpha value is -3.07. The minimum atomic E-state index is -0.0912. The van der Waals surface area contributed by atoms with Gasteiger partial charge in [-0.2, -0.15) is 0 Å². The van der Waals surface area contributed by atoms with Crippen molar-refractivity contribution in [1.29, 1.82) is 0 Å². The van der Waals surface area contributed by atoms with E-state index in [4.69, 9.17) is 0 Å². The molecule has 0 aliphatic heterocycles. The summed E-state index contributed by atoms with van der Waals surface area (Å²) in [6.07, 6.45) is 0. The molecular weight excluding hydrogens is 284 g/mol. The van der Waals surface area contributed by atoms with Crippen LogP contribution in [0.1, 0.15) is 21.7 Å². The summed E-state index contributed by atoms with van der Waals surface area (Å²) in [6, 6.07) is 21.3. The fourth-order valence-corrected chi connectivity index (χ4v) is 2.77. The van der Waals surface area contributed by atoms with E-state index >= 15 is 0 Å². The molecule has 1 aromatic heterocycles. The zero-order valence-electron chi connectivity index (χ0n) is 12.7. The van der Waals surface area contributed by atoms with Crippen molar-refractivity contribution in [2.24, 2.45) is 0 Å². The molecule has 0 saturated carbocycles. The van der Waals surface area contributed by atoms with Gasteiger partial charge in [0.25, 0.3) is 0 Å². The number of carbonyl (C=O) groups is 1. The second-order valence-corrected chi connectivity index (χ2v) is 5.54. The van der Waals surface area contributed by atoms with Crippen LogP contribution in [0.3, 0.4) is 0 Å². The van der Waals surface area contributed by atoms with E-state index < -0.39 is 0 Å². The largest absolute Gasteiger partial charge is 0.287 e. The highest BCUT2D eigenvalue weighted by Gasteiger charge is 2.16. The maximum Gasteiger partial charge on any atom is 0.213 e. The first kappa shape index (κ1) is 13.6. The van der Waals surface area contributed by atoms with E-state index in [-0.39, 0.29) is 5.78 Å². The first-order chi connectivity index (χ1) is 11.2. The molecule has 110 valence electrons. The molecule has 0 saturated heterocycles. The van der Waals surface area contributed by atoms with Crippen molar-refractivity contribution in [2.75, 3.05) is 0 Å². The van der Waals surface area contributed by atoms with Gasteiger partial charge in [-0.05, 0) is 35.9 Å². The molecule has 0 N–H and O–H groups in total. The summed E-state index contributed by atoms with van der Waals surface area (Å²) in [5.74, 6) is -0.0912. The van der Waals surface area contributed by atoms with E-state index in [0.717, 1.165) is 21.8 Å². The van der Waals surface area contributed by atoms with Crippen molar-refractivity contribution >= 4 is 27.6 Å². The van der Waals surface area contributed by atoms with Crippen LogP contribution in [0.2, 0.25) is 0 Å². The Bertz CT molecular complexity index is 1050. The number of hydrogen-bond donors (Lipinski definition) is 0. The number of benzene rings is 3. The second-order valence-electron chi connectivity index (χ2n) is 5.54. The van der Waals surface area contributed by atoms with Gasteiger partial charge in [0.1, 0.15) is 5.69 Å². The van der Waals surface area contributed by atoms with E-state index in [9.17, 15) is 4.79 Å². The van der Waals surface area contributed by atoms with Crippen molar-refractivity contribution in [3.05, 3.63) is 83.7 Å². The number of fused-ring (bicyclic) bond motifs is 2.